The molecule has 15 heteroatoms. The molecular weight excluding hydrogens is 558 g/mol. The second kappa shape index (κ2) is 14.5. The number of rotatable bonds is 6. The number of hydrogen-bond donors (Lipinski definition) is 2. The number of alkyl halides is 6. The molecule has 1 unspecified atom stereocenters. The fraction of sp³-hybridized carbons (Fsp3) is 0.542. The van der Waals surface area contributed by atoms with Crippen molar-refractivity contribution in [2.24, 2.45) is 5.92 Å². The average Bonchev–Trinajstić information content (AvgIpc) is 3.51. The van der Waals surface area contributed by atoms with Crippen LogP contribution in [-0.2, 0) is 20.9 Å². The zero-order valence-electron chi connectivity index (χ0n) is 20.6. The van der Waals surface area contributed by atoms with Crippen molar-refractivity contribution in [3.05, 3.63) is 46.9 Å². The van der Waals surface area contributed by atoms with Gasteiger partial charge in [-0.05, 0) is 66.1 Å². The van der Waals surface area contributed by atoms with Crippen LogP contribution in [0.1, 0.15) is 31.2 Å². The Kier molecular flexibility index (Phi) is 12.0. The monoisotopic (exact) mass is 586 g/mol. The number of piperidine rings is 1. The topological polar surface area (TPSA) is 109 Å². The maximum absolute atomic E-state index is 10.6. The molecule has 0 aliphatic carbocycles. The fourth-order valence-corrected chi connectivity index (χ4v) is 4.89. The Balaban J connectivity index is 0.000000317. The molecule has 2 saturated heterocycles. The third-order valence-corrected chi connectivity index (χ3v) is 6.88. The zero-order valence-corrected chi connectivity index (χ0v) is 21.4. The lowest BCUT2D eigenvalue weighted by Gasteiger charge is -2.42. The summed E-state index contributed by atoms with van der Waals surface area (Å²) in [6, 6.07) is 6.12. The Morgan fingerprint density at radius 2 is 1.72 bits per heavy atom. The summed E-state index contributed by atoms with van der Waals surface area (Å²) in [5, 5.41) is 18.7. The van der Waals surface area contributed by atoms with Crippen molar-refractivity contribution >= 4 is 23.3 Å². The Morgan fingerprint density at radius 1 is 1.10 bits per heavy atom. The van der Waals surface area contributed by atoms with Gasteiger partial charge in [0.05, 0.1) is 18.4 Å². The van der Waals surface area contributed by atoms with E-state index < -0.39 is 24.3 Å². The molecule has 2 aliphatic rings. The van der Waals surface area contributed by atoms with Gasteiger partial charge in [-0.1, -0.05) is 0 Å². The van der Waals surface area contributed by atoms with E-state index in [1.807, 2.05) is 12.1 Å². The highest BCUT2D eigenvalue weighted by molar-refractivity contribution is 7.07. The number of aromatic nitrogens is 1. The van der Waals surface area contributed by atoms with Crippen molar-refractivity contribution in [2.45, 2.75) is 50.2 Å². The summed E-state index contributed by atoms with van der Waals surface area (Å²) in [6.45, 7) is 5.00. The van der Waals surface area contributed by atoms with Crippen molar-refractivity contribution in [3.8, 4) is 5.75 Å². The second-order valence-electron chi connectivity index (χ2n) is 8.74. The molecule has 218 valence electrons. The van der Waals surface area contributed by atoms with Crippen LogP contribution >= 0.6 is 11.3 Å². The SMILES string of the molecule is O=C(O)C(F)(F)F.O=C(O)C(F)(F)F.c1cncc(OCCC2CCOC23CCN(Cc2ccsc2)CC3)c1. The van der Waals surface area contributed by atoms with Crippen LogP contribution in [0.2, 0.25) is 0 Å². The summed E-state index contributed by atoms with van der Waals surface area (Å²) in [7, 11) is 0. The Morgan fingerprint density at radius 3 is 2.21 bits per heavy atom. The minimum Gasteiger partial charge on any atom is -0.492 e. The predicted octanol–water partition coefficient (Wildman–Crippen LogP) is 5.25. The first kappa shape index (κ1) is 32.3. The highest BCUT2D eigenvalue weighted by atomic mass is 32.1. The molecule has 0 bridgehead atoms. The molecule has 0 amide bonds. The quantitative estimate of drug-likeness (QED) is 0.442. The van der Waals surface area contributed by atoms with Crippen LogP contribution in [0.25, 0.3) is 0 Å². The molecule has 1 spiro atoms. The van der Waals surface area contributed by atoms with Gasteiger partial charge in [-0.2, -0.15) is 37.7 Å². The van der Waals surface area contributed by atoms with Gasteiger partial charge in [0.2, 0.25) is 0 Å². The molecule has 2 fully saturated rings. The molecule has 2 aliphatic heterocycles. The third kappa shape index (κ3) is 11.0. The first-order valence-corrected chi connectivity index (χ1v) is 12.7. The number of carbonyl (C=O) groups is 2. The van der Waals surface area contributed by atoms with Gasteiger partial charge < -0.3 is 19.7 Å². The molecule has 0 saturated carbocycles. The van der Waals surface area contributed by atoms with Gasteiger partial charge in [-0.3, -0.25) is 9.88 Å². The Bertz CT molecular complexity index is 988. The van der Waals surface area contributed by atoms with Crippen molar-refractivity contribution in [1.29, 1.82) is 0 Å². The molecule has 4 heterocycles. The first-order valence-electron chi connectivity index (χ1n) is 11.7. The molecule has 2 aromatic heterocycles. The summed E-state index contributed by atoms with van der Waals surface area (Å²) in [5.41, 5.74) is 1.53. The number of halogens is 6. The standard InChI is InChI=1S/C20H26N2O2S.2C2HF3O2/c1-2-19(14-21-8-1)23-11-3-18-4-12-24-20(18)6-9-22(10-7-20)15-17-5-13-25-16-17;2*3-2(4,5)1(6)7/h1-2,5,8,13-14,16,18H,3-4,6-7,9-12,15H2;2*(H,6,7). The molecule has 0 aromatic carbocycles. The average molecular weight is 587 g/mol. The normalized spacial score (nSPS) is 18.9. The number of nitrogens with zero attached hydrogens (tertiary/aromatic N) is 2. The molecule has 2 aromatic rings. The number of pyridine rings is 1. The summed E-state index contributed by atoms with van der Waals surface area (Å²) in [4.78, 5) is 24.5. The minimum absolute atomic E-state index is 0.0868. The summed E-state index contributed by atoms with van der Waals surface area (Å²) in [5.74, 6) is -4.03. The first-order chi connectivity index (χ1) is 18.2. The van der Waals surface area contributed by atoms with E-state index in [0.717, 1.165) is 57.9 Å². The smallest absolute Gasteiger partial charge is 0.490 e. The van der Waals surface area contributed by atoms with E-state index in [1.165, 1.54) is 12.0 Å². The second-order valence-corrected chi connectivity index (χ2v) is 9.52. The van der Waals surface area contributed by atoms with E-state index in [-0.39, 0.29) is 5.60 Å². The van der Waals surface area contributed by atoms with Crippen molar-refractivity contribution in [2.75, 3.05) is 26.3 Å². The number of likely N-dealkylation sites (tertiary alicyclic amines) is 1. The lowest BCUT2D eigenvalue weighted by atomic mass is 9.78. The molecule has 8 nitrogen and oxygen atoms in total. The van der Waals surface area contributed by atoms with Gasteiger partial charge >= 0.3 is 24.3 Å². The van der Waals surface area contributed by atoms with Gasteiger partial charge in [0.1, 0.15) is 5.75 Å². The molecule has 1 atom stereocenters. The number of aliphatic carboxylic acids is 2. The molecule has 0 radical (unpaired) electrons. The fourth-order valence-electron chi connectivity index (χ4n) is 4.23. The minimum atomic E-state index is -5.08. The van der Waals surface area contributed by atoms with Crippen LogP contribution in [0.15, 0.2) is 41.4 Å². The van der Waals surface area contributed by atoms with Crippen LogP contribution in [0.5, 0.6) is 5.75 Å². The number of carboxylic acids is 2. The maximum Gasteiger partial charge on any atom is 0.490 e. The van der Waals surface area contributed by atoms with Gasteiger partial charge in [-0.25, -0.2) is 9.59 Å². The highest BCUT2D eigenvalue weighted by Gasteiger charge is 2.45. The highest BCUT2D eigenvalue weighted by Crippen LogP contribution is 2.42. The van der Waals surface area contributed by atoms with E-state index in [0.29, 0.717) is 5.92 Å². The van der Waals surface area contributed by atoms with E-state index in [1.54, 1.807) is 23.7 Å². The van der Waals surface area contributed by atoms with E-state index >= 15 is 0 Å². The lowest BCUT2D eigenvalue weighted by Crippen LogP contribution is -2.47. The zero-order chi connectivity index (χ0) is 29.1. The van der Waals surface area contributed by atoms with Crippen molar-refractivity contribution in [1.82, 2.24) is 9.88 Å². The van der Waals surface area contributed by atoms with Gasteiger partial charge in [-0.15, -0.1) is 0 Å². The Hall–Kier alpha value is -2.91. The van der Waals surface area contributed by atoms with E-state index in [2.05, 4.69) is 26.7 Å². The summed E-state index contributed by atoms with van der Waals surface area (Å²) >= 11 is 1.78. The summed E-state index contributed by atoms with van der Waals surface area (Å²) in [6.07, 6.45) is -2.08. The van der Waals surface area contributed by atoms with Gasteiger partial charge in [0.15, 0.2) is 0 Å². The van der Waals surface area contributed by atoms with Gasteiger partial charge in [0, 0.05) is 32.4 Å². The van der Waals surface area contributed by atoms with E-state index in [4.69, 9.17) is 29.3 Å². The Labute approximate surface area is 224 Å². The molecule has 39 heavy (non-hydrogen) atoms. The van der Waals surface area contributed by atoms with Crippen LogP contribution in [0.4, 0.5) is 26.3 Å². The maximum atomic E-state index is 10.6. The summed E-state index contributed by atoms with van der Waals surface area (Å²) < 4.78 is 75.6. The number of hydrogen-bond acceptors (Lipinski definition) is 7. The van der Waals surface area contributed by atoms with Gasteiger partial charge in [0.25, 0.3) is 0 Å². The molecule has 4 rings (SSSR count). The number of carboxylic acid groups (broad SMARTS) is 2. The van der Waals surface area contributed by atoms with Crippen LogP contribution in [0.3, 0.4) is 0 Å². The van der Waals surface area contributed by atoms with Crippen LogP contribution in [-0.4, -0.2) is 76.3 Å². The molecular formula is C24H28F6N2O6S. The molecule has 2 N–H and O–H groups in total. The van der Waals surface area contributed by atoms with Crippen molar-refractivity contribution in [3.63, 3.8) is 0 Å². The van der Waals surface area contributed by atoms with Crippen LogP contribution < -0.4 is 4.74 Å². The lowest BCUT2D eigenvalue weighted by molar-refractivity contribution is -0.193. The van der Waals surface area contributed by atoms with E-state index in [9.17, 15) is 26.3 Å². The number of thiophene rings is 1. The number of ether oxygens (including phenoxy) is 2. The predicted molar refractivity (Wildman–Crippen MR) is 127 cm³/mol. The van der Waals surface area contributed by atoms with Crippen molar-refractivity contribution < 1.29 is 55.6 Å². The van der Waals surface area contributed by atoms with Crippen LogP contribution in [0, 0.1) is 5.92 Å². The third-order valence-electron chi connectivity index (χ3n) is 6.14. The largest absolute Gasteiger partial charge is 0.492 e.